The lowest BCUT2D eigenvalue weighted by atomic mass is 9.98. The normalized spacial score (nSPS) is 31.4. The molecule has 0 aromatic carbocycles. The fourth-order valence-corrected chi connectivity index (χ4v) is 5.15. The molecule has 3 N–H and O–H groups in total. The molecule has 2 saturated heterocycles. The maximum absolute atomic E-state index is 10.6. The predicted octanol–water partition coefficient (Wildman–Crippen LogP) is 1.79. The van der Waals surface area contributed by atoms with Crippen molar-refractivity contribution in [2.24, 2.45) is 17.6 Å². The number of nitrogens with zero attached hydrogens (tertiary/aromatic N) is 2. The molecule has 2 rings (SSSR count). The summed E-state index contributed by atoms with van der Waals surface area (Å²) in [5, 5.41) is 10.6. The van der Waals surface area contributed by atoms with Gasteiger partial charge in [0.25, 0.3) is 0 Å². The van der Waals surface area contributed by atoms with Crippen molar-refractivity contribution in [3.63, 3.8) is 0 Å². The van der Waals surface area contributed by atoms with Crippen molar-refractivity contribution in [2.75, 3.05) is 31.9 Å². The second kappa shape index (κ2) is 7.18. The van der Waals surface area contributed by atoms with Crippen molar-refractivity contribution in [3.8, 4) is 0 Å². The third kappa shape index (κ3) is 3.94. The lowest BCUT2D eigenvalue weighted by molar-refractivity contribution is -0.0589. The van der Waals surface area contributed by atoms with Gasteiger partial charge in [-0.05, 0) is 24.7 Å². The van der Waals surface area contributed by atoms with Crippen molar-refractivity contribution in [2.45, 2.75) is 57.7 Å². The van der Waals surface area contributed by atoms with Gasteiger partial charge >= 0.3 is 0 Å². The molecule has 5 heteroatoms. The van der Waals surface area contributed by atoms with Gasteiger partial charge in [0, 0.05) is 38.0 Å². The number of piperidine rings is 1. The zero-order valence-corrected chi connectivity index (χ0v) is 14.9. The molecule has 2 fully saturated rings. The van der Waals surface area contributed by atoms with E-state index in [1.807, 2.05) is 0 Å². The van der Waals surface area contributed by atoms with E-state index in [4.69, 9.17) is 5.73 Å². The number of aliphatic hydroxyl groups is 1. The number of thioether (sulfide) groups is 1. The van der Waals surface area contributed by atoms with Gasteiger partial charge in [-0.3, -0.25) is 9.80 Å². The first kappa shape index (κ1) is 17.5. The summed E-state index contributed by atoms with van der Waals surface area (Å²) in [6.07, 6.45) is 1.89. The molecule has 21 heavy (non-hydrogen) atoms. The van der Waals surface area contributed by atoms with Crippen LogP contribution in [0.15, 0.2) is 0 Å². The van der Waals surface area contributed by atoms with Crippen LogP contribution in [0.5, 0.6) is 0 Å². The summed E-state index contributed by atoms with van der Waals surface area (Å²) in [4.78, 5) is 5.09. The molecule has 0 aliphatic carbocycles. The Kier molecular flexibility index (Phi) is 5.99. The van der Waals surface area contributed by atoms with E-state index >= 15 is 0 Å². The second-order valence-corrected chi connectivity index (χ2v) is 8.90. The smallest absolute Gasteiger partial charge is 0.123 e. The van der Waals surface area contributed by atoms with Gasteiger partial charge in [-0.2, -0.15) is 0 Å². The summed E-state index contributed by atoms with van der Waals surface area (Å²) in [6.45, 7) is 13.0. The zero-order chi connectivity index (χ0) is 15.6. The number of likely N-dealkylation sites (tertiary alicyclic amines) is 1. The van der Waals surface area contributed by atoms with E-state index in [0.717, 1.165) is 26.1 Å². The lowest BCUT2D eigenvalue weighted by Crippen LogP contribution is -2.60. The number of rotatable bonds is 5. The molecule has 4 nitrogen and oxygen atoms in total. The Hall–Kier alpha value is 0.190. The highest BCUT2D eigenvalue weighted by Crippen LogP contribution is 2.43. The highest BCUT2D eigenvalue weighted by Gasteiger charge is 2.46. The zero-order valence-electron chi connectivity index (χ0n) is 14.1. The first-order valence-corrected chi connectivity index (χ1v) is 9.41. The molecule has 0 bridgehead atoms. The monoisotopic (exact) mass is 315 g/mol. The summed E-state index contributed by atoms with van der Waals surface area (Å²) >= 11 is 2.09. The van der Waals surface area contributed by atoms with Crippen LogP contribution in [0.3, 0.4) is 0 Å². The molecule has 124 valence electrons. The van der Waals surface area contributed by atoms with Gasteiger partial charge in [-0.25, -0.2) is 0 Å². The lowest BCUT2D eigenvalue weighted by Gasteiger charge is -2.48. The third-order valence-electron chi connectivity index (χ3n) is 4.84. The molecule has 0 amide bonds. The summed E-state index contributed by atoms with van der Waals surface area (Å²) in [5.74, 6) is 2.21. The number of hydrogen-bond donors (Lipinski definition) is 2. The van der Waals surface area contributed by atoms with Gasteiger partial charge in [0.15, 0.2) is 0 Å². The Morgan fingerprint density at radius 2 is 1.95 bits per heavy atom. The maximum atomic E-state index is 10.6. The summed E-state index contributed by atoms with van der Waals surface area (Å²) in [6, 6.07) is -0.162. The summed E-state index contributed by atoms with van der Waals surface area (Å²) in [5.41, 5.74) is 6.18. The van der Waals surface area contributed by atoms with Crippen molar-refractivity contribution in [1.82, 2.24) is 9.80 Å². The minimum absolute atomic E-state index is 0.162. The predicted molar refractivity (Wildman–Crippen MR) is 91.2 cm³/mol. The first-order valence-electron chi connectivity index (χ1n) is 8.42. The number of hydrogen-bond acceptors (Lipinski definition) is 5. The van der Waals surface area contributed by atoms with Crippen molar-refractivity contribution in [1.29, 1.82) is 0 Å². The largest absolute Gasteiger partial charge is 0.377 e. The average molecular weight is 316 g/mol. The fraction of sp³-hybridized carbons (Fsp3) is 1.00. The summed E-state index contributed by atoms with van der Waals surface area (Å²) in [7, 11) is 0. The molecule has 0 radical (unpaired) electrons. The van der Waals surface area contributed by atoms with Crippen LogP contribution in [0.2, 0.25) is 0 Å². The van der Waals surface area contributed by atoms with Crippen molar-refractivity contribution in [3.05, 3.63) is 0 Å². The molecule has 1 spiro atoms. The van der Waals surface area contributed by atoms with Gasteiger partial charge in [-0.1, -0.05) is 27.7 Å². The topological polar surface area (TPSA) is 52.7 Å². The van der Waals surface area contributed by atoms with Crippen LogP contribution >= 0.6 is 11.8 Å². The fourth-order valence-electron chi connectivity index (χ4n) is 3.56. The van der Waals surface area contributed by atoms with Gasteiger partial charge < -0.3 is 10.8 Å². The molecule has 0 aromatic heterocycles. The molecule has 2 aliphatic rings. The Bertz CT molecular complexity index is 339. The molecular formula is C16H33N3OS. The quantitative estimate of drug-likeness (QED) is 0.810. The molecule has 2 unspecified atom stereocenters. The van der Waals surface area contributed by atoms with Crippen LogP contribution in [-0.4, -0.2) is 64.0 Å². The van der Waals surface area contributed by atoms with E-state index in [2.05, 4.69) is 49.3 Å². The van der Waals surface area contributed by atoms with Gasteiger partial charge in [0.05, 0.1) is 4.87 Å². The highest BCUT2D eigenvalue weighted by molar-refractivity contribution is 8.00. The molecule has 0 saturated carbocycles. The van der Waals surface area contributed by atoms with Crippen LogP contribution in [0, 0.1) is 11.8 Å². The van der Waals surface area contributed by atoms with Crippen LogP contribution in [0.25, 0.3) is 0 Å². The molecule has 0 aromatic rings. The van der Waals surface area contributed by atoms with E-state index in [1.54, 1.807) is 0 Å². The van der Waals surface area contributed by atoms with E-state index < -0.39 is 6.23 Å². The summed E-state index contributed by atoms with van der Waals surface area (Å²) < 4.78 is 0. The Labute approximate surface area is 134 Å². The SMILES string of the molecule is CC(C)CN1CCSC12CCCN(C(O)[C@@H](N)C(C)C)C2. The van der Waals surface area contributed by atoms with E-state index in [0.29, 0.717) is 11.8 Å². The van der Waals surface area contributed by atoms with E-state index in [-0.39, 0.29) is 10.9 Å². The Morgan fingerprint density at radius 3 is 2.57 bits per heavy atom. The standard InChI is InChI=1S/C16H33N3OS/c1-12(2)10-19-8-9-21-16(19)6-5-7-18(11-16)15(20)14(17)13(3)4/h12-15,20H,5-11,17H2,1-4H3/t14-,15?,16?/m0/s1. The third-order valence-corrected chi connectivity index (χ3v) is 6.36. The average Bonchev–Trinajstić information content (AvgIpc) is 2.78. The minimum atomic E-state index is -0.510. The van der Waals surface area contributed by atoms with Gasteiger partial charge in [0.1, 0.15) is 6.23 Å². The number of nitrogens with two attached hydrogens (primary N) is 1. The van der Waals surface area contributed by atoms with Crippen molar-refractivity contribution < 1.29 is 5.11 Å². The first-order chi connectivity index (χ1) is 9.85. The second-order valence-electron chi connectivity index (χ2n) is 7.44. The maximum Gasteiger partial charge on any atom is 0.123 e. The van der Waals surface area contributed by atoms with Crippen molar-refractivity contribution >= 4 is 11.8 Å². The van der Waals surface area contributed by atoms with Crippen LogP contribution in [0.4, 0.5) is 0 Å². The Balaban J connectivity index is 2.05. The van der Waals surface area contributed by atoms with Crippen LogP contribution < -0.4 is 5.73 Å². The minimum Gasteiger partial charge on any atom is -0.377 e. The Morgan fingerprint density at radius 1 is 1.24 bits per heavy atom. The van der Waals surface area contributed by atoms with E-state index in [1.165, 1.54) is 18.7 Å². The molecule has 2 aliphatic heterocycles. The molecular weight excluding hydrogens is 282 g/mol. The number of aliphatic hydroxyl groups excluding tert-OH is 1. The molecule has 3 atom stereocenters. The van der Waals surface area contributed by atoms with Crippen LogP contribution in [0.1, 0.15) is 40.5 Å². The van der Waals surface area contributed by atoms with Crippen LogP contribution in [-0.2, 0) is 0 Å². The van der Waals surface area contributed by atoms with E-state index in [9.17, 15) is 5.11 Å². The van der Waals surface area contributed by atoms with Gasteiger partial charge in [0.2, 0.25) is 0 Å². The van der Waals surface area contributed by atoms with Gasteiger partial charge in [-0.15, -0.1) is 11.8 Å². The highest BCUT2D eigenvalue weighted by atomic mass is 32.2. The molecule has 2 heterocycles.